The normalized spacial score (nSPS) is 10.3. The molecule has 0 spiro atoms. The number of rotatable bonds is 5. The van der Waals surface area contributed by atoms with Crippen LogP contribution >= 0.6 is 0 Å². The molecule has 0 amide bonds. The van der Waals surface area contributed by atoms with Gasteiger partial charge in [0.2, 0.25) is 5.88 Å². The smallest absolute Gasteiger partial charge is 0.224 e. The van der Waals surface area contributed by atoms with Crippen LogP contribution in [0.4, 0.5) is 0 Å². The molecule has 18 heavy (non-hydrogen) atoms. The minimum atomic E-state index is 0.339. The van der Waals surface area contributed by atoms with Crippen molar-refractivity contribution in [2.45, 2.75) is 19.9 Å². The quantitative estimate of drug-likeness (QED) is 0.757. The zero-order chi connectivity index (χ0) is 13.0. The number of ether oxygens (including phenoxy) is 1. The van der Waals surface area contributed by atoms with Crippen LogP contribution in [-0.2, 0) is 6.54 Å². The Hall–Kier alpha value is -2.17. The first-order valence-electron chi connectivity index (χ1n) is 5.81. The summed E-state index contributed by atoms with van der Waals surface area (Å²) in [6.45, 7) is 2.95. The van der Waals surface area contributed by atoms with Crippen LogP contribution in [0.2, 0.25) is 0 Å². The van der Waals surface area contributed by atoms with Gasteiger partial charge in [-0.05, 0) is 12.5 Å². The predicted octanol–water partition coefficient (Wildman–Crippen LogP) is 2.18. The number of aromatic nitrogens is 3. The molecule has 0 bridgehead atoms. The first-order valence-corrected chi connectivity index (χ1v) is 5.81. The standard InChI is InChI=1S/C13H15N3O2/c1-3-6-16-8-10(7-15-16)11-4-5-14-13(18-2)12(11)9-17/h4-5,7-9H,3,6H2,1-2H3. The number of methoxy groups -OCH3 is 1. The van der Waals surface area contributed by atoms with Crippen molar-refractivity contribution in [1.29, 1.82) is 0 Å². The molecular weight excluding hydrogens is 230 g/mol. The highest BCUT2D eigenvalue weighted by atomic mass is 16.5. The lowest BCUT2D eigenvalue weighted by molar-refractivity contribution is 0.112. The summed E-state index contributed by atoms with van der Waals surface area (Å²) >= 11 is 0. The topological polar surface area (TPSA) is 57.0 Å². The molecule has 5 nitrogen and oxygen atoms in total. The van der Waals surface area contributed by atoms with Crippen LogP contribution in [0.1, 0.15) is 23.7 Å². The monoisotopic (exact) mass is 245 g/mol. The number of aldehydes is 1. The van der Waals surface area contributed by atoms with Gasteiger partial charge in [-0.2, -0.15) is 5.10 Å². The highest BCUT2D eigenvalue weighted by Crippen LogP contribution is 2.27. The maximum atomic E-state index is 11.2. The van der Waals surface area contributed by atoms with Crippen molar-refractivity contribution in [2.75, 3.05) is 7.11 Å². The van der Waals surface area contributed by atoms with Crippen LogP contribution in [0.25, 0.3) is 11.1 Å². The molecule has 0 unspecified atom stereocenters. The van der Waals surface area contributed by atoms with Crippen LogP contribution in [-0.4, -0.2) is 28.2 Å². The van der Waals surface area contributed by atoms with Gasteiger partial charge in [0.1, 0.15) is 0 Å². The Kier molecular flexibility index (Phi) is 3.72. The molecule has 0 saturated carbocycles. The second kappa shape index (κ2) is 5.44. The molecule has 2 rings (SSSR count). The Labute approximate surface area is 105 Å². The number of pyridine rings is 1. The Morgan fingerprint density at radius 3 is 3.00 bits per heavy atom. The molecule has 0 aliphatic rings. The van der Waals surface area contributed by atoms with Gasteiger partial charge in [0, 0.05) is 30.1 Å². The summed E-state index contributed by atoms with van der Waals surface area (Å²) in [5.74, 6) is 0.339. The van der Waals surface area contributed by atoms with Crippen LogP contribution < -0.4 is 4.74 Å². The Morgan fingerprint density at radius 1 is 1.50 bits per heavy atom. The average molecular weight is 245 g/mol. The Bertz CT molecular complexity index is 549. The predicted molar refractivity (Wildman–Crippen MR) is 67.7 cm³/mol. The van der Waals surface area contributed by atoms with Crippen molar-refractivity contribution >= 4 is 6.29 Å². The van der Waals surface area contributed by atoms with E-state index in [1.54, 1.807) is 18.5 Å². The highest BCUT2D eigenvalue weighted by molar-refractivity contribution is 5.89. The van der Waals surface area contributed by atoms with Gasteiger partial charge in [-0.3, -0.25) is 9.48 Å². The van der Waals surface area contributed by atoms with Gasteiger partial charge in [-0.1, -0.05) is 6.92 Å². The number of aryl methyl sites for hydroxylation is 1. The van der Waals surface area contributed by atoms with E-state index in [0.29, 0.717) is 11.4 Å². The Balaban J connectivity index is 2.45. The van der Waals surface area contributed by atoms with E-state index >= 15 is 0 Å². The van der Waals surface area contributed by atoms with E-state index in [1.165, 1.54) is 7.11 Å². The molecule has 0 atom stereocenters. The number of carbonyl (C=O) groups excluding carboxylic acids is 1. The molecule has 0 aliphatic carbocycles. The van der Waals surface area contributed by atoms with Gasteiger partial charge in [0.05, 0.1) is 18.9 Å². The van der Waals surface area contributed by atoms with Gasteiger partial charge < -0.3 is 4.74 Å². The van der Waals surface area contributed by atoms with E-state index < -0.39 is 0 Å². The van der Waals surface area contributed by atoms with Crippen molar-refractivity contribution in [1.82, 2.24) is 14.8 Å². The fraction of sp³-hybridized carbons (Fsp3) is 0.308. The van der Waals surface area contributed by atoms with Gasteiger partial charge in [0.15, 0.2) is 6.29 Å². The molecular formula is C13H15N3O2. The van der Waals surface area contributed by atoms with Crippen LogP contribution in [0.3, 0.4) is 0 Å². The molecule has 5 heteroatoms. The lowest BCUT2D eigenvalue weighted by atomic mass is 10.1. The molecule has 0 aromatic carbocycles. The van der Waals surface area contributed by atoms with Gasteiger partial charge >= 0.3 is 0 Å². The number of hydrogen-bond donors (Lipinski definition) is 0. The number of nitrogens with zero attached hydrogens (tertiary/aromatic N) is 3. The summed E-state index contributed by atoms with van der Waals surface area (Å²) in [6.07, 6.45) is 7.07. The number of carbonyl (C=O) groups is 1. The van der Waals surface area contributed by atoms with Gasteiger partial charge in [-0.25, -0.2) is 4.98 Å². The van der Waals surface area contributed by atoms with Crippen molar-refractivity contribution in [3.05, 3.63) is 30.2 Å². The summed E-state index contributed by atoms with van der Waals surface area (Å²) in [5.41, 5.74) is 2.14. The highest BCUT2D eigenvalue weighted by Gasteiger charge is 2.12. The fourth-order valence-corrected chi connectivity index (χ4v) is 1.84. The van der Waals surface area contributed by atoms with Crippen LogP contribution in [0.15, 0.2) is 24.7 Å². The lowest BCUT2D eigenvalue weighted by Gasteiger charge is -2.06. The second-order valence-electron chi connectivity index (χ2n) is 3.89. The van der Waals surface area contributed by atoms with E-state index in [-0.39, 0.29) is 0 Å². The van der Waals surface area contributed by atoms with E-state index in [1.807, 2.05) is 10.9 Å². The molecule has 2 heterocycles. The third-order valence-corrected chi connectivity index (χ3v) is 2.66. The summed E-state index contributed by atoms with van der Waals surface area (Å²) in [4.78, 5) is 15.2. The zero-order valence-corrected chi connectivity index (χ0v) is 10.5. The molecule has 0 N–H and O–H groups in total. The SMILES string of the molecule is CCCn1cc(-c2ccnc(OC)c2C=O)cn1. The fourth-order valence-electron chi connectivity index (χ4n) is 1.84. The Morgan fingerprint density at radius 2 is 2.33 bits per heavy atom. The third-order valence-electron chi connectivity index (χ3n) is 2.66. The first-order chi connectivity index (χ1) is 8.80. The van der Waals surface area contributed by atoms with Crippen molar-refractivity contribution in [3.63, 3.8) is 0 Å². The van der Waals surface area contributed by atoms with Crippen molar-refractivity contribution < 1.29 is 9.53 Å². The molecule has 0 fully saturated rings. The zero-order valence-electron chi connectivity index (χ0n) is 10.5. The largest absolute Gasteiger partial charge is 0.480 e. The molecule has 0 aliphatic heterocycles. The average Bonchev–Trinajstić information content (AvgIpc) is 2.86. The molecule has 2 aromatic heterocycles. The van der Waals surface area contributed by atoms with Gasteiger partial charge in [0.25, 0.3) is 0 Å². The summed E-state index contributed by atoms with van der Waals surface area (Å²) in [7, 11) is 1.50. The summed E-state index contributed by atoms with van der Waals surface area (Å²) in [6, 6.07) is 1.79. The van der Waals surface area contributed by atoms with E-state index in [2.05, 4.69) is 17.0 Å². The minimum Gasteiger partial charge on any atom is -0.480 e. The van der Waals surface area contributed by atoms with E-state index in [4.69, 9.17) is 4.74 Å². The van der Waals surface area contributed by atoms with E-state index in [9.17, 15) is 4.79 Å². The summed E-state index contributed by atoms with van der Waals surface area (Å²) in [5, 5.41) is 4.25. The van der Waals surface area contributed by atoms with Crippen molar-refractivity contribution in [2.24, 2.45) is 0 Å². The minimum absolute atomic E-state index is 0.339. The molecule has 94 valence electrons. The maximum Gasteiger partial charge on any atom is 0.224 e. The first kappa shape index (κ1) is 12.3. The molecule has 2 aromatic rings. The maximum absolute atomic E-state index is 11.2. The van der Waals surface area contributed by atoms with E-state index in [0.717, 1.165) is 30.4 Å². The third kappa shape index (κ3) is 2.25. The molecule has 0 saturated heterocycles. The van der Waals surface area contributed by atoms with Crippen molar-refractivity contribution in [3.8, 4) is 17.0 Å². The van der Waals surface area contributed by atoms with Gasteiger partial charge in [-0.15, -0.1) is 0 Å². The second-order valence-corrected chi connectivity index (χ2v) is 3.89. The molecule has 0 radical (unpaired) electrons. The number of hydrogen-bond acceptors (Lipinski definition) is 4. The van der Waals surface area contributed by atoms with Crippen LogP contribution in [0, 0.1) is 0 Å². The van der Waals surface area contributed by atoms with Crippen LogP contribution in [0.5, 0.6) is 5.88 Å². The summed E-state index contributed by atoms with van der Waals surface area (Å²) < 4.78 is 6.94. The lowest BCUT2D eigenvalue weighted by Crippen LogP contribution is -1.97.